The van der Waals surface area contributed by atoms with Gasteiger partial charge in [0.25, 0.3) is 0 Å². The van der Waals surface area contributed by atoms with Gasteiger partial charge in [0.2, 0.25) is 0 Å². The molecule has 0 bridgehead atoms. The number of fused-ring (bicyclic) bond motifs is 1. The summed E-state index contributed by atoms with van der Waals surface area (Å²) in [6, 6.07) is 0. The second-order valence-electron chi connectivity index (χ2n) is 4.22. The van der Waals surface area contributed by atoms with Crippen LogP contribution in [0.5, 0.6) is 0 Å². The number of hydrogen-bond acceptors (Lipinski definition) is 7. The van der Waals surface area contributed by atoms with Crippen LogP contribution in [-0.4, -0.2) is 42.6 Å². The van der Waals surface area contributed by atoms with Crippen LogP contribution >= 0.6 is 12.6 Å². The Morgan fingerprint density at radius 2 is 2.33 bits per heavy atom. The van der Waals surface area contributed by atoms with E-state index in [2.05, 4.69) is 27.6 Å². The summed E-state index contributed by atoms with van der Waals surface area (Å²) in [7, 11) is 0. The minimum absolute atomic E-state index is 0.0166. The Kier molecular flexibility index (Phi) is 2.84. The largest absolute Gasteiger partial charge is 0.394 e. The highest BCUT2D eigenvalue weighted by atomic mass is 32.1. The number of imidazole rings is 1. The van der Waals surface area contributed by atoms with Crippen molar-refractivity contribution < 1.29 is 9.84 Å². The van der Waals surface area contributed by atoms with Gasteiger partial charge in [0.05, 0.1) is 19.0 Å². The van der Waals surface area contributed by atoms with Crippen molar-refractivity contribution in [3.8, 4) is 0 Å². The summed E-state index contributed by atoms with van der Waals surface area (Å²) in [5, 5.41) is 9.11. The van der Waals surface area contributed by atoms with Crippen molar-refractivity contribution in [2.45, 2.75) is 24.0 Å². The lowest BCUT2D eigenvalue weighted by Gasteiger charge is -2.16. The van der Waals surface area contributed by atoms with Gasteiger partial charge in [-0.1, -0.05) is 0 Å². The van der Waals surface area contributed by atoms with Crippen LogP contribution in [0.1, 0.15) is 12.6 Å². The van der Waals surface area contributed by atoms with Gasteiger partial charge in [-0.05, 0) is 6.42 Å². The van der Waals surface area contributed by atoms with Crippen molar-refractivity contribution in [3.05, 3.63) is 12.7 Å². The third-order valence-electron chi connectivity index (χ3n) is 3.03. The predicted molar refractivity (Wildman–Crippen MR) is 68.1 cm³/mol. The van der Waals surface area contributed by atoms with Crippen molar-refractivity contribution in [3.63, 3.8) is 0 Å². The summed E-state index contributed by atoms with van der Waals surface area (Å²) in [6.45, 7) is -0.0166. The average molecular weight is 267 g/mol. The van der Waals surface area contributed by atoms with Crippen molar-refractivity contribution in [1.82, 2.24) is 19.5 Å². The Labute approximate surface area is 108 Å². The summed E-state index contributed by atoms with van der Waals surface area (Å²) in [5.74, 6) is 0.339. The summed E-state index contributed by atoms with van der Waals surface area (Å²) in [4.78, 5) is 12.2. The number of nitrogen functional groups attached to an aromatic ring is 1. The summed E-state index contributed by atoms with van der Waals surface area (Å²) < 4.78 is 7.49. The number of nitrogens with two attached hydrogens (primary N) is 1. The van der Waals surface area contributed by atoms with E-state index in [1.54, 1.807) is 10.9 Å². The molecule has 18 heavy (non-hydrogen) atoms. The van der Waals surface area contributed by atoms with Crippen molar-refractivity contribution >= 4 is 29.6 Å². The third-order valence-corrected chi connectivity index (χ3v) is 3.50. The first kappa shape index (κ1) is 11.7. The second kappa shape index (κ2) is 4.38. The number of aliphatic hydroxyl groups excluding tert-OH is 1. The molecule has 1 unspecified atom stereocenters. The van der Waals surface area contributed by atoms with Gasteiger partial charge in [-0.3, -0.25) is 4.57 Å². The van der Waals surface area contributed by atoms with Crippen LogP contribution in [0.25, 0.3) is 11.2 Å². The summed E-state index contributed by atoms with van der Waals surface area (Å²) >= 11 is 4.48. The third kappa shape index (κ3) is 1.73. The standard InChI is InChI=1S/C10H13N5O2S/c11-8-7-9(13-3-12-8)15(4-14-7)10-6(18)1-5(2-16)17-10/h3-6,10,16,18H,1-2H2,(H2,11,12,13)/t5-,6?,10+/m0/s1. The van der Waals surface area contributed by atoms with Crippen molar-refractivity contribution in [2.75, 3.05) is 12.3 Å². The first-order valence-electron chi connectivity index (χ1n) is 5.58. The van der Waals surface area contributed by atoms with E-state index < -0.39 is 0 Å². The van der Waals surface area contributed by atoms with E-state index in [1.165, 1.54) is 6.33 Å². The lowest BCUT2D eigenvalue weighted by Crippen LogP contribution is -2.16. The molecule has 0 spiro atoms. The Hall–Kier alpha value is -1.38. The smallest absolute Gasteiger partial charge is 0.167 e. The minimum Gasteiger partial charge on any atom is -0.394 e. The number of thiol groups is 1. The van der Waals surface area contributed by atoms with E-state index in [0.29, 0.717) is 23.4 Å². The highest BCUT2D eigenvalue weighted by Crippen LogP contribution is 2.34. The van der Waals surface area contributed by atoms with Gasteiger partial charge >= 0.3 is 0 Å². The summed E-state index contributed by atoms with van der Waals surface area (Å²) in [6.07, 6.45) is 3.19. The maximum atomic E-state index is 9.13. The molecule has 0 radical (unpaired) electrons. The highest BCUT2D eigenvalue weighted by Gasteiger charge is 2.34. The molecular formula is C10H13N5O2S. The average Bonchev–Trinajstić information content (AvgIpc) is 2.93. The van der Waals surface area contributed by atoms with Gasteiger partial charge in [0, 0.05) is 5.25 Å². The topological polar surface area (TPSA) is 99.1 Å². The zero-order chi connectivity index (χ0) is 12.7. The molecule has 3 atom stereocenters. The molecule has 1 fully saturated rings. The lowest BCUT2D eigenvalue weighted by atomic mass is 10.2. The van der Waals surface area contributed by atoms with Crippen molar-refractivity contribution in [1.29, 1.82) is 0 Å². The lowest BCUT2D eigenvalue weighted by molar-refractivity contribution is -0.0195. The van der Waals surface area contributed by atoms with Crippen LogP contribution in [0.3, 0.4) is 0 Å². The zero-order valence-electron chi connectivity index (χ0n) is 9.47. The maximum absolute atomic E-state index is 9.13. The molecule has 3 rings (SSSR count). The maximum Gasteiger partial charge on any atom is 0.167 e. The molecule has 0 saturated carbocycles. The van der Waals surface area contributed by atoms with Gasteiger partial charge < -0.3 is 15.6 Å². The fourth-order valence-electron chi connectivity index (χ4n) is 2.15. The Balaban J connectivity index is 2.02. The Morgan fingerprint density at radius 3 is 3.06 bits per heavy atom. The molecule has 8 heteroatoms. The van der Waals surface area contributed by atoms with Crippen LogP contribution in [0.15, 0.2) is 12.7 Å². The van der Waals surface area contributed by atoms with Crippen LogP contribution in [-0.2, 0) is 4.74 Å². The number of nitrogens with zero attached hydrogens (tertiary/aromatic N) is 4. The number of anilines is 1. The molecule has 2 aromatic rings. The molecule has 96 valence electrons. The minimum atomic E-state index is -0.301. The molecule has 3 N–H and O–H groups in total. The Bertz CT molecular complexity index is 574. The number of ether oxygens (including phenoxy) is 1. The monoisotopic (exact) mass is 267 g/mol. The van der Waals surface area contributed by atoms with Gasteiger partial charge in [0.1, 0.15) is 18.1 Å². The molecule has 7 nitrogen and oxygen atoms in total. The molecule has 2 aromatic heterocycles. The molecule has 3 heterocycles. The molecule has 1 aliphatic rings. The predicted octanol–water partition coefficient (Wildman–Crippen LogP) is -0.0133. The van der Waals surface area contributed by atoms with Crippen molar-refractivity contribution in [2.24, 2.45) is 0 Å². The molecule has 0 aromatic carbocycles. The number of hydrogen-bond donors (Lipinski definition) is 3. The fourth-order valence-corrected chi connectivity index (χ4v) is 2.60. The molecule has 0 aliphatic carbocycles. The normalized spacial score (nSPS) is 28.0. The quantitative estimate of drug-likeness (QED) is 0.662. The van der Waals surface area contributed by atoms with Gasteiger partial charge in [-0.15, -0.1) is 0 Å². The van der Waals surface area contributed by atoms with E-state index in [-0.39, 0.29) is 24.2 Å². The first-order chi connectivity index (χ1) is 8.70. The van der Waals surface area contributed by atoms with Crippen LogP contribution in [0, 0.1) is 0 Å². The van der Waals surface area contributed by atoms with E-state index in [1.807, 2.05) is 0 Å². The number of aromatic nitrogens is 4. The zero-order valence-corrected chi connectivity index (χ0v) is 10.4. The van der Waals surface area contributed by atoms with Crippen LogP contribution in [0.2, 0.25) is 0 Å². The summed E-state index contributed by atoms with van der Waals surface area (Å²) in [5.41, 5.74) is 6.90. The molecular weight excluding hydrogens is 254 g/mol. The van der Waals surface area contributed by atoms with Gasteiger partial charge in [0.15, 0.2) is 11.5 Å². The molecule has 1 aliphatic heterocycles. The SMILES string of the molecule is Nc1ncnc2c1ncn2[C@@H]1O[C@H](CO)CC1S. The van der Waals surface area contributed by atoms with Gasteiger partial charge in [-0.2, -0.15) is 12.6 Å². The Morgan fingerprint density at radius 1 is 1.50 bits per heavy atom. The number of aliphatic hydroxyl groups is 1. The molecule has 1 saturated heterocycles. The first-order valence-corrected chi connectivity index (χ1v) is 6.09. The van der Waals surface area contributed by atoms with E-state index in [9.17, 15) is 0 Å². The molecule has 0 amide bonds. The van der Waals surface area contributed by atoms with E-state index in [0.717, 1.165) is 0 Å². The van der Waals surface area contributed by atoms with Gasteiger partial charge in [-0.25, -0.2) is 15.0 Å². The van der Waals surface area contributed by atoms with E-state index in [4.69, 9.17) is 15.6 Å². The van der Waals surface area contributed by atoms with E-state index >= 15 is 0 Å². The van der Waals surface area contributed by atoms with Crippen LogP contribution in [0.4, 0.5) is 5.82 Å². The second-order valence-corrected chi connectivity index (χ2v) is 4.88. The number of rotatable bonds is 2. The highest BCUT2D eigenvalue weighted by molar-refractivity contribution is 7.81. The fraction of sp³-hybridized carbons (Fsp3) is 0.500. The van der Waals surface area contributed by atoms with Crippen LogP contribution < -0.4 is 5.73 Å².